The fraction of sp³-hybridized carbons (Fsp3) is 0.619. The van der Waals surface area contributed by atoms with Crippen molar-refractivity contribution in [3.8, 4) is 5.75 Å². The van der Waals surface area contributed by atoms with Crippen LogP contribution in [0.4, 0.5) is 0 Å². The minimum absolute atomic E-state index is 0.0738. The number of rotatable bonds is 2. The molecule has 4 unspecified atom stereocenters. The van der Waals surface area contributed by atoms with Gasteiger partial charge >= 0.3 is 0 Å². The van der Waals surface area contributed by atoms with Gasteiger partial charge in [-0.25, -0.2) is 0 Å². The number of fused-ring (bicyclic) bond motifs is 13. The van der Waals surface area contributed by atoms with E-state index in [1.807, 2.05) is 6.92 Å². The van der Waals surface area contributed by atoms with Gasteiger partial charge in [0.2, 0.25) is 0 Å². The standard InChI is InChI=1S/C42H53NO4/c1-11-23-14-16-40(8)28-13-12-22-18-26-25-19-24-27-20-38(4,5)47-39(6,7)32(27)35(44)30(24)31-34(25)43(33(21(2)3)36(31)45)37(26)42(22,10)41(28,9)17-15-29(40)46-23/h14,19-20,22,28-29,32,35,44-45H,2,11-13,15-18H2,1,3-10H3/t22?,28?,29-,32?,35+,40-,41-,42?/m0/s1. The summed E-state index contributed by atoms with van der Waals surface area (Å²) >= 11 is 0. The minimum atomic E-state index is -0.769. The van der Waals surface area contributed by atoms with Crippen molar-refractivity contribution in [1.29, 1.82) is 0 Å². The Balaban J connectivity index is 1.32. The second-order valence-electron chi connectivity index (χ2n) is 18.1. The number of benzene rings is 1. The van der Waals surface area contributed by atoms with Gasteiger partial charge < -0.3 is 24.1 Å². The second-order valence-corrected chi connectivity index (χ2v) is 18.1. The van der Waals surface area contributed by atoms with Crippen LogP contribution in [0.1, 0.15) is 135 Å². The molecule has 8 atom stereocenters. The Morgan fingerprint density at radius 2 is 1.83 bits per heavy atom. The minimum Gasteiger partial charge on any atom is -0.505 e. The highest BCUT2D eigenvalue weighted by Crippen LogP contribution is 2.72. The van der Waals surface area contributed by atoms with E-state index in [-0.39, 0.29) is 34.0 Å². The van der Waals surface area contributed by atoms with Gasteiger partial charge in [0, 0.05) is 45.2 Å². The van der Waals surface area contributed by atoms with E-state index >= 15 is 0 Å². The molecular weight excluding hydrogens is 582 g/mol. The molecule has 0 radical (unpaired) electrons. The van der Waals surface area contributed by atoms with Crippen LogP contribution in [0.15, 0.2) is 30.6 Å². The van der Waals surface area contributed by atoms with Gasteiger partial charge in [0.05, 0.1) is 34.3 Å². The van der Waals surface area contributed by atoms with Gasteiger partial charge in [0.15, 0.2) is 0 Å². The van der Waals surface area contributed by atoms with Crippen molar-refractivity contribution in [3.05, 3.63) is 58.6 Å². The first-order valence-electron chi connectivity index (χ1n) is 18.3. The Labute approximate surface area is 280 Å². The fourth-order valence-corrected chi connectivity index (χ4v) is 13.0. The number of aliphatic hydroxyl groups is 1. The highest BCUT2D eigenvalue weighted by atomic mass is 16.5. The quantitative estimate of drug-likeness (QED) is 0.294. The van der Waals surface area contributed by atoms with E-state index in [2.05, 4.69) is 84.6 Å². The molecule has 3 aromatic rings. The van der Waals surface area contributed by atoms with Crippen molar-refractivity contribution in [2.45, 2.75) is 136 Å². The molecule has 1 aromatic carbocycles. The van der Waals surface area contributed by atoms with Crippen LogP contribution in [0.3, 0.4) is 0 Å². The normalized spacial score (nSPS) is 39.3. The van der Waals surface area contributed by atoms with Crippen molar-refractivity contribution in [2.24, 2.45) is 28.6 Å². The Morgan fingerprint density at radius 1 is 1.09 bits per heavy atom. The molecule has 4 aliphatic carbocycles. The molecule has 4 heterocycles. The molecule has 2 fully saturated rings. The SMILES string of the molecule is C=C(C)c1c(O)c2c3c(cc4c5c(n1c42)C1(C)C(CCC2[C@]4(C)CC=C(CC)O[C@H]4CC[C@@]21C)C5)C1=CC(C)(C)OC(C)(C)C1[C@@H]3O. The summed E-state index contributed by atoms with van der Waals surface area (Å²) in [5, 5.41) is 26.5. The highest BCUT2D eigenvalue weighted by molar-refractivity contribution is 6.11. The molecule has 2 N–H and O–H groups in total. The molecule has 5 heteroatoms. The lowest BCUT2D eigenvalue weighted by Crippen LogP contribution is -2.63. The highest BCUT2D eigenvalue weighted by Gasteiger charge is 2.68. The number of hydrogen-bond acceptors (Lipinski definition) is 4. The fourth-order valence-electron chi connectivity index (χ4n) is 13.0. The third-order valence-electron chi connectivity index (χ3n) is 14.9. The molecule has 0 spiro atoms. The van der Waals surface area contributed by atoms with E-state index in [0.717, 1.165) is 71.0 Å². The van der Waals surface area contributed by atoms with Crippen LogP contribution in [0.25, 0.3) is 27.4 Å². The number of hydrogen-bond donors (Lipinski definition) is 2. The Morgan fingerprint density at radius 3 is 2.53 bits per heavy atom. The summed E-state index contributed by atoms with van der Waals surface area (Å²) in [7, 11) is 0. The molecule has 2 saturated carbocycles. The van der Waals surface area contributed by atoms with Gasteiger partial charge in [-0.05, 0) is 131 Å². The first-order chi connectivity index (χ1) is 22.0. The molecule has 250 valence electrons. The second kappa shape index (κ2) is 8.87. The Bertz CT molecular complexity index is 1970. The molecule has 6 aliphatic rings. The van der Waals surface area contributed by atoms with Crippen molar-refractivity contribution >= 4 is 27.4 Å². The van der Waals surface area contributed by atoms with Crippen LogP contribution < -0.4 is 0 Å². The van der Waals surface area contributed by atoms with Crippen LogP contribution in [0.5, 0.6) is 5.75 Å². The Hall–Kier alpha value is -2.76. The summed E-state index contributed by atoms with van der Waals surface area (Å²) in [4.78, 5) is 0. The molecule has 5 nitrogen and oxygen atoms in total. The maximum atomic E-state index is 12.3. The van der Waals surface area contributed by atoms with Gasteiger partial charge in [-0.15, -0.1) is 0 Å². The van der Waals surface area contributed by atoms with Crippen LogP contribution >= 0.6 is 0 Å². The average Bonchev–Trinajstić information content (AvgIpc) is 3.65. The zero-order chi connectivity index (χ0) is 33.4. The number of ether oxygens (including phenoxy) is 2. The monoisotopic (exact) mass is 635 g/mol. The van der Waals surface area contributed by atoms with Gasteiger partial charge in [-0.2, -0.15) is 0 Å². The lowest BCUT2D eigenvalue weighted by Gasteiger charge is -2.65. The van der Waals surface area contributed by atoms with Crippen molar-refractivity contribution in [3.63, 3.8) is 0 Å². The molecule has 47 heavy (non-hydrogen) atoms. The maximum absolute atomic E-state index is 12.3. The zero-order valence-corrected chi connectivity index (χ0v) is 29.9. The maximum Gasteiger partial charge on any atom is 0.149 e. The van der Waals surface area contributed by atoms with Gasteiger partial charge in [-0.1, -0.05) is 34.3 Å². The summed E-state index contributed by atoms with van der Waals surface area (Å²) in [6.07, 6.45) is 11.9. The van der Waals surface area contributed by atoms with E-state index < -0.39 is 17.3 Å². The van der Waals surface area contributed by atoms with Crippen LogP contribution in [-0.2, 0) is 21.3 Å². The summed E-state index contributed by atoms with van der Waals surface area (Å²) in [6.45, 7) is 24.8. The smallest absolute Gasteiger partial charge is 0.149 e. The molecule has 0 saturated heterocycles. The molecular formula is C42H53NO4. The summed E-state index contributed by atoms with van der Waals surface area (Å²) in [5.41, 5.74) is 7.77. The van der Waals surface area contributed by atoms with E-state index in [1.165, 1.54) is 35.2 Å². The Kier molecular flexibility index (Phi) is 5.72. The topological polar surface area (TPSA) is 63.3 Å². The largest absolute Gasteiger partial charge is 0.505 e. The lowest BCUT2D eigenvalue weighted by atomic mass is 9.40. The van der Waals surface area contributed by atoms with Crippen molar-refractivity contribution in [1.82, 2.24) is 4.40 Å². The molecule has 0 bridgehead atoms. The summed E-state index contributed by atoms with van der Waals surface area (Å²) in [6, 6.07) is 2.38. The number of aromatic nitrogens is 1. The molecule has 2 aromatic heterocycles. The lowest BCUT2D eigenvalue weighted by molar-refractivity contribution is -0.175. The third kappa shape index (κ3) is 3.35. The van der Waals surface area contributed by atoms with E-state index in [9.17, 15) is 10.2 Å². The molecule has 0 amide bonds. The van der Waals surface area contributed by atoms with Gasteiger partial charge in [0.1, 0.15) is 11.9 Å². The summed E-state index contributed by atoms with van der Waals surface area (Å²) in [5.74, 6) is 2.32. The predicted octanol–water partition coefficient (Wildman–Crippen LogP) is 9.63. The molecule has 9 rings (SSSR count). The van der Waals surface area contributed by atoms with Gasteiger partial charge in [-0.3, -0.25) is 0 Å². The number of aliphatic hydroxyl groups excluding tert-OH is 1. The first-order valence-corrected chi connectivity index (χ1v) is 18.3. The number of aromatic hydroxyl groups is 1. The van der Waals surface area contributed by atoms with E-state index in [1.54, 1.807) is 0 Å². The van der Waals surface area contributed by atoms with Crippen LogP contribution in [-0.4, -0.2) is 31.9 Å². The first kappa shape index (κ1) is 30.3. The van der Waals surface area contributed by atoms with Crippen LogP contribution in [0, 0.1) is 28.6 Å². The van der Waals surface area contributed by atoms with E-state index in [4.69, 9.17) is 9.47 Å². The molecule has 2 aliphatic heterocycles. The average molecular weight is 636 g/mol. The van der Waals surface area contributed by atoms with Crippen molar-refractivity contribution in [2.75, 3.05) is 0 Å². The zero-order valence-electron chi connectivity index (χ0n) is 29.9. The number of nitrogens with zero attached hydrogens (tertiary/aromatic N) is 1. The summed E-state index contributed by atoms with van der Waals surface area (Å²) < 4.78 is 15.7. The number of allylic oxidation sites excluding steroid dienone is 3. The van der Waals surface area contributed by atoms with E-state index in [0.29, 0.717) is 11.8 Å². The van der Waals surface area contributed by atoms with Crippen LogP contribution in [0.2, 0.25) is 0 Å². The predicted molar refractivity (Wildman–Crippen MR) is 189 cm³/mol. The third-order valence-corrected chi connectivity index (χ3v) is 14.9. The van der Waals surface area contributed by atoms with Gasteiger partial charge in [0.25, 0.3) is 0 Å². The van der Waals surface area contributed by atoms with Crippen molar-refractivity contribution < 1.29 is 19.7 Å².